The quantitative estimate of drug-likeness (QED) is 0.460. The van der Waals surface area contributed by atoms with Gasteiger partial charge in [0, 0.05) is 4.88 Å². The average molecular weight is 492 g/mol. The lowest BCUT2D eigenvalue weighted by Gasteiger charge is -2.12. The Kier molecular flexibility index (Phi) is 7.07. The molecule has 1 atom stereocenters. The highest BCUT2D eigenvalue weighted by Crippen LogP contribution is 2.36. The summed E-state index contributed by atoms with van der Waals surface area (Å²) in [6.45, 7) is 3.34. The van der Waals surface area contributed by atoms with Crippen LogP contribution in [0.5, 0.6) is 0 Å². The summed E-state index contributed by atoms with van der Waals surface area (Å²) < 4.78 is 15.7. The first kappa shape index (κ1) is 21.8. The molecule has 1 N–H and O–H groups in total. The van der Waals surface area contributed by atoms with Crippen LogP contribution in [0.4, 0.5) is 5.00 Å². The number of carbonyl (C=O) groups is 3. The molecule has 3 rings (SSSR count). The molecule has 9 heteroatoms. The summed E-state index contributed by atoms with van der Waals surface area (Å²) in [5.74, 6) is -1.93. The molecule has 0 aliphatic rings. The molecule has 30 heavy (non-hydrogen) atoms. The van der Waals surface area contributed by atoms with Gasteiger partial charge in [-0.05, 0) is 53.5 Å². The Bertz CT molecular complexity index is 1060. The van der Waals surface area contributed by atoms with E-state index in [4.69, 9.17) is 13.9 Å². The molecular formula is C21H18BrNO6S. The van der Waals surface area contributed by atoms with Crippen molar-refractivity contribution >= 4 is 50.1 Å². The highest BCUT2D eigenvalue weighted by atomic mass is 79.9. The van der Waals surface area contributed by atoms with E-state index >= 15 is 0 Å². The number of esters is 2. The molecule has 0 saturated heterocycles. The van der Waals surface area contributed by atoms with E-state index in [-0.39, 0.29) is 17.9 Å². The number of furan rings is 1. The zero-order valence-corrected chi connectivity index (χ0v) is 18.5. The van der Waals surface area contributed by atoms with Crippen LogP contribution >= 0.6 is 27.3 Å². The summed E-state index contributed by atoms with van der Waals surface area (Å²) in [6.07, 6.45) is -1.11. The SMILES string of the molecule is CCOC(=O)c1cc(-c2ccccc2)sc1NC(=O)C(C)OC(=O)c1ccc(Br)o1. The van der Waals surface area contributed by atoms with Crippen molar-refractivity contribution in [3.63, 3.8) is 0 Å². The Labute approximate surface area is 185 Å². The van der Waals surface area contributed by atoms with Crippen LogP contribution < -0.4 is 5.32 Å². The minimum absolute atomic E-state index is 0.0313. The predicted octanol–water partition coefficient (Wildman–Crippen LogP) is 5.13. The molecule has 0 aliphatic heterocycles. The number of rotatable bonds is 7. The summed E-state index contributed by atoms with van der Waals surface area (Å²) in [5, 5.41) is 2.98. The van der Waals surface area contributed by atoms with Gasteiger partial charge in [-0.25, -0.2) is 9.59 Å². The molecule has 156 valence electrons. The van der Waals surface area contributed by atoms with Crippen molar-refractivity contribution < 1.29 is 28.3 Å². The maximum atomic E-state index is 12.6. The van der Waals surface area contributed by atoms with Crippen LogP contribution in [0, 0.1) is 0 Å². The molecule has 0 radical (unpaired) electrons. The van der Waals surface area contributed by atoms with Gasteiger partial charge < -0.3 is 19.2 Å². The molecule has 0 bridgehead atoms. The lowest BCUT2D eigenvalue weighted by molar-refractivity contribution is -0.123. The van der Waals surface area contributed by atoms with Crippen LogP contribution in [0.3, 0.4) is 0 Å². The third-order valence-electron chi connectivity index (χ3n) is 3.95. The number of benzene rings is 1. The normalized spacial score (nSPS) is 11.6. The van der Waals surface area contributed by atoms with Crippen LogP contribution in [0.15, 0.2) is 57.6 Å². The molecular weight excluding hydrogens is 474 g/mol. The first-order chi connectivity index (χ1) is 14.4. The second-order valence-corrected chi connectivity index (χ2v) is 7.91. The van der Waals surface area contributed by atoms with E-state index in [0.29, 0.717) is 9.67 Å². The van der Waals surface area contributed by atoms with Crippen LogP contribution in [0.1, 0.15) is 34.8 Å². The Balaban J connectivity index is 1.78. The lowest BCUT2D eigenvalue weighted by atomic mass is 10.1. The largest absolute Gasteiger partial charge is 0.462 e. The Hall–Kier alpha value is -2.91. The van der Waals surface area contributed by atoms with Crippen molar-refractivity contribution in [2.75, 3.05) is 11.9 Å². The number of carbonyl (C=O) groups excluding carboxylic acids is 3. The van der Waals surface area contributed by atoms with Gasteiger partial charge in [-0.3, -0.25) is 4.79 Å². The van der Waals surface area contributed by atoms with E-state index in [1.807, 2.05) is 30.3 Å². The van der Waals surface area contributed by atoms with Crippen molar-refractivity contribution in [1.29, 1.82) is 0 Å². The standard InChI is InChI=1S/C21H18BrNO6S/c1-3-27-20(25)14-11-16(13-7-5-4-6-8-13)30-19(14)23-18(24)12(2)28-21(26)15-9-10-17(22)29-15/h4-12H,3H2,1-2H3,(H,23,24). The van der Waals surface area contributed by atoms with E-state index in [1.165, 1.54) is 24.3 Å². The molecule has 0 fully saturated rings. The molecule has 2 heterocycles. The number of hydrogen-bond acceptors (Lipinski definition) is 7. The van der Waals surface area contributed by atoms with Crippen molar-refractivity contribution in [2.45, 2.75) is 20.0 Å². The number of anilines is 1. The average Bonchev–Trinajstić information content (AvgIpc) is 3.35. The summed E-state index contributed by atoms with van der Waals surface area (Å²) in [5.41, 5.74) is 1.14. The summed E-state index contributed by atoms with van der Waals surface area (Å²) in [6, 6.07) is 14.1. The van der Waals surface area contributed by atoms with E-state index in [9.17, 15) is 14.4 Å². The van der Waals surface area contributed by atoms with Gasteiger partial charge in [0.2, 0.25) is 5.76 Å². The first-order valence-corrected chi connectivity index (χ1v) is 10.6. The van der Waals surface area contributed by atoms with Crippen LogP contribution in [0.25, 0.3) is 10.4 Å². The maximum absolute atomic E-state index is 12.6. The lowest BCUT2D eigenvalue weighted by Crippen LogP contribution is -2.30. The molecule has 0 aliphatic carbocycles. The molecule has 0 spiro atoms. The van der Waals surface area contributed by atoms with Crippen molar-refractivity contribution in [3.8, 4) is 10.4 Å². The van der Waals surface area contributed by atoms with Gasteiger partial charge in [-0.15, -0.1) is 11.3 Å². The molecule has 7 nitrogen and oxygen atoms in total. The highest BCUT2D eigenvalue weighted by molar-refractivity contribution is 9.10. The van der Waals surface area contributed by atoms with Gasteiger partial charge in [-0.1, -0.05) is 30.3 Å². The minimum Gasteiger partial charge on any atom is -0.462 e. The third-order valence-corrected chi connectivity index (χ3v) is 5.48. The van der Waals surface area contributed by atoms with Crippen LogP contribution in [-0.4, -0.2) is 30.6 Å². The van der Waals surface area contributed by atoms with Gasteiger partial charge in [0.05, 0.1) is 12.2 Å². The second kappa shape index (κ2) is 9.73. The second-order valence-electron chi connectivity index (χ2n) is 6.08. The Morgan fingerprint density at radius 2 is 1.87 bits per heavy atom. The van der Waals surface area contributed by atoms with Crippen molar-refractivity contribution in [2.24, 2.45) is 0 Å². The number of hydrogen-bond donors (Lipinski definition) is 1. The van der Waals surface area contributed by atoms with E-state index < -0.39 is 23.9 Å². The van der Waals surface area contributed by atoms with E-state index in [1.54, 1.807) is 19.1 Å². The fraction of sp³-hybridized carbons (Fsp3) is 0.190. The number of thiophene rings is 1. The molecule has 1 amide bonds. The highest BCUT2D eigenvalue weighted by Gasteiger charge is 2.25. The van der Waals surface area contributed by atoms with Crippen LogP contribution in [0.2, 0.25) is 0 Å². The fourth-order valence-electron chi connectivity index (χ4n) is 2.50. The van der Waals surface area contributed by atoms with Gasteiger partial charge in [-0.2, -0.15) is 0 Å². The molecule has 3 aromatic rings. The number of halogens is 1. The molecule has 1 aromatic carbocycles. The predicted molar refractivity (Wildman–Crippen MR) is 116 cm³/mol. The minimum atomic E-state index is -1.11. The topological polar surface area (TPSA) is 94.8 Å². The van der Waals surface area contributed by atoms with Gasteiger partial charge in [0.25, 0.3) is 5.91 Å². The van der Waals surface area contributed by atoms with Crippen molar-refractivity contribution in [1.82, 2.24) is 0 Å². The number of ether oxygens (including phenoxy) is 2. The smallest absolute Gasteiger partial charge is 0.375 e. The maximum Gasteiger partial charge on any atom is 0.375 e. The zero-order valence-electron chi connectivity index (χ0n) is 16.1. The van der Waals surface area contributed by atoms with Crippen LogP contribution in [-0.2, 0) is 14.3 Å². The third kappa shape index (κ3) is 5.17. The van der Waals surface area contributed by atoms with E-state index in [2.05, 4.69) is 21.2 Å². The zero-order chi connectivity index (χ0) is 21.7. The molecule has 0 saturated carbocycles. The van der Waals surface area contributed by atoms with Gasteiger partial charge in [0.15, 0.2) is 10.8 Å². The van der Waals surface area contributed by atoms with Gasteiger partial charge >= 0.3 is 11.9 Å². The summed E-state index contributed by atoms with van der Waals surface area (Å²) in [4.78, 5) is 37.8. The van der Waals surface area contributed by atoms with E-state index in [0.717, 1.165) is 10.4 Å². The van der Waals surface area contributed by atoms with Crippen molar-refractivity contribution in [3.05, 3.63) is 64.5 Å². The molecule has 1 unspecified atom stereocenters. The number of amides is 1. The first-order valence-electron chi connectivity index (χ1n) is 9.02. The monoisotopic (exact) mass is 491 g/mol. The summed E-state index contributed by atoms with van der Waals surface area (Å²) in [7, 11) is 0. The Morgan fingerprint density at radius 1 is 1.13 bits per heavy atom. The van der Waals surface area contributed by atoms with Gasteiger partial charge in [0.1, 0.15) is 5.00 Å². The number of nitrogens with one attached hydrogen (secondary N) is 1. The fourth-order valence-corrected chi connectivity index (χ4v) is 3.86. The summed E-state index contributed by atoms with van der Waals surface area (Å²) >= 11 is 4.33. The molecule has 2 aromatic heterocycles. The Morgan fingerprint density at radius 3 is 2.50 bits per heavy atom.